The standard InChI is InChI=1S/C16H26N2O2/c1-12(16(11-19)7-3-4-8-16)15(20)18(2)14(10-17)9-13-5-6-13/h12-14,19H,3-9,11H2,1-2H3/t12-,14?/m1/s1. The summed E-state index contributed by atoms with van der Waals surface area (Å²) in [7, 11) is 1.75. The average molecular weight is 278 g/mol. The van der Waals surface area contributed by atoms with Gasteiger partial charge in [0.25, 0.3) is 0 Å². The van der Waals surface area contributed by atoms with Crippen molar-refractivity contribution in [2.24, 2.45) is 17.3 Å². The molecular weight excluding hydrogens is 252 g/mol. The highest BCUT2D eigenvalue weighted by Crippen LogP contribution is 2.44. The third-order valence-electron chi connectivity index (χ3n) is 5.42. The van der Waals surface area contributed by atoms with E-state index in [2.05, 4.69) is 6.07 Å². The van der Waals surface area contributed by atoms with E-state index in [9.17, 15) is 15.2 Å². The van der Waals surface area contributed by atoms with Gasteiger partial charge in [0, 0.05) is 25.0 Å². The first-order valence-electron chi connectivity index (χ1n) is 7.81. The van der Waals surface area contributed by atoms with Crippen molar-refractivity contribution in [3.05, 3.63) is 0 Å². The second-order valence-corrected chi connectivity index (χ2v) is 6.72. The van der Waals surface area contributed by atoms with Crippen LogP contribution < -0.4 is 0 Å². The third-order valence-corrected chi connectivity index (χ3v) is 5.42. The van der Waals surface area contributed by atoms with Crippen molar-refractivity contribution in [1.82, 2.24) is 4.90 Å². The summed E-state index contributed by atoms with van der Waals surface area (Å²) < 4.78 is 0. The van der Waals surface area contributed by atoms with Crippen LogP contribution in [0.15, 0.2) is 0 Å². The number of aliphatic hydroxyl groups is 1. The van der Waals surface area contributed by atoms with Crippen LogP contribution in [-0.2, 0) is 4.79 Å². The molecule has 1 unspecified atom stereocenters. The van der Waals surface area contributed by atoms with E-state index in [0.717, 1.165) is 32.1 Å². The highest BCUT2D eigenvalue weighted by atomic mass is 16.3. The summed E-state index contributed by atoms with van der Waals surface area (Å²) in [5.41, 5.74) is -0.259. The first-order valence-corrected chi connectivity index (χ1v) is 7.81. The molecule has 112 valence electrons. The average Bonchev–Trinajstić information content (AvgIpc) is 3.16. The van der Waals surface area contributed by atoms with E-state index in [1.54, 1.807) is 11.9 Å². The van der Waals surface area contributed by atoms with Crippen LogP contribution in [0, 0.1) is 28.6 Å². The number of carbonyl (C=O) groups excluding carboxylic acids is 1. The number of hydrogen-bond donors (Lipinski definition) is 1. The summed E-state index contributed by atoms with van der Waals surface area (Å²) in [6.07, 6.45) is 7.20. The van der Waals surface area contributed by atoms with E-state index >= 15 is 0 Å². The Labute approximate surface area is 121 Å². The molecule has 1 amide bonds. The molecule has 2 aliphatic rings. The van der Waals surface area contributed by atoms with E-state index in [1.807, 2.05) is 6.92 Å². The van der Waals surface area contributed by atoms with E-state index in [-0.39, 0.29) is 29.9 Å². The molecule has 2 fully saturated rings. The number of nitriles is 1. The Morgan fingerprint density at radius 2 is 2.05 bits per heavy atom. The van der Waals surface area contributed by atoms with Gasteiger partial charge in [0.15, 0.2) is 0 Å². The van der Waals surface area contributed by atoms with Crippen molar-refractivity contribution in [3.63, 3.8) is 0 Å². The number of nitrogens with zero attached hydrogens (tertiary/aromatic N) is 2. The molecule has 2 atom stereocenters. The maximum Gasteiger partial charge on any atom is 0.226 e. The fourth-order valence-corrected chi connectivity index (χ4v) is 3.49. The molecule has 2 rings (SSSR count). The molecule has 0 aliphatic heterocycles. The highest BCUT2D eigenvalue weighted by molar-refractivity contribution is 5.79. The van der Waals surface area contributed by atoms with Gasteiger partial charge in [-0.3, -0.25) is 4.79 Å². The number of carbonyl (C=O) groups is 1. The molecule has 1 N–H and O–H groups in total. The van der Waals surface area contributed by atoms with Gasteiger partial charge in [-0.1, -0.05) is 32.6 Å². The Morgan fingerprint density at radius 3 is 2.50 bits per heavy atom. The minimum absolute atomic E-state index is 0.0214. The number of hydrogen-bond acceptors (Lipinski definition) is 3. The predicted molar refractivity (Wildman–Crippen MR) is 76.7 cm³/mol. The van der Waals surface area contributed by atoms with Gasteiger partial charge in [-0.2, -0.15) is 5.26 Å². The number of aliphatic hydroxyl groups excluding tert-OH is 1. The van der Waals surface area contributed by atoms with Crippen molar-refractivity contribution >= 4 is 5.91 Å². The van der Waals surface area contributed by atoms with E-state index in [1.165, 1.54) is 12.8 Å². The van der Waals surface area contributed by atoms with Crippen LogP contribution in [0.25, 0.3) is 0 Å². The molecule has 0 aromatic heterocycles. The summed E-state index contributed by atoms with van der Waals surface area (Å²) in [4.78, 5) is 14.3. The van der Waals surface area contributed by atoms with Crippen LogP contribution in [0.4, 0.5) is 0 Å². The largest absolute Gasteiger partial charge is 0.396 e. The fraction of sp³-hybridized carbons (Fsp3) is 0.875. The van der Waals surface area contributed by atoms with Crippen LogP contribution in [0.2, 0.25) is 0 Å². The van der Waals surface area contributed by atoms with Crippen LogP contribution >= 0.6 is 0 Å². The molecule has 4 heteroatoms. The smallest absolute Gasteiger partial charge is 0.226 e. The Kier molecular flexibility index (Phi) is 4.70. The summed E-state index contributed by atoms with van der Waals surface area (Å²) >= 11 is 0. The van der Waals surface area contributed by atoms with Gasteiger partial charge in [0.05, 0.1) is 6.07 Å². The lowest BCUT2D eigenvalue weighted by atomic mass is 9.74. The van der Waals surface area contributed by atoms with E-state index in [4.69, 9.17) is 0 Å². The van der Waals surface area contributed by atoms with Gasteiger partial charge in [-0.15, -0.1) is 0 Å². The molecule has 20 heavy (non-hydrogen) atoms. The van der Waals surface area contributed by atoms with Gasteiger partial charge in [-0.25, -0.2) is 0 Å². The molecule has 0 radical (unpaired) electrons. The van der Waals surface area contributed by atoms with Crippen LogP contribution in [-0.4, -0.2) is 35.6 Å². The Morgan fingerprint density at radius 1 is 1.45 bits per heavy atom. The Balaban J connectivity index is 2.02. The summed E-state index contributed by atoms with van der Waals surface area (Å²) in [5.74, 6) is 0.451. The van der Waals surface area contributed by atoms with Crippen LogP contribution in [0.1, 0.15) is 51.9 Å². The molecule has 0 spiro atoms. The molecule has 2 aliphatic carbocycles. The zero-order chi connectivity index (χ0) is 14.8. The minimum Gasteiger partial charge on any atom is -0.396 e. The second-order valence-electron chi connectivity index (χ2n) is 6.72. The Bertz CT molecular complexity index is 392. The summed E-state index contributed by atoms with van der Waals surface area (Å²) in [5, 5.41) is 19.0. The van der Waals surface area contributed by atoms with Crippen LogP contribution in [0.5, 0.6) is 0 Å². The molecule has 0 heterocycles. The molecule has 2 saturated carbocycles. The summed E-state index contributed by atoms with van der Waals surface area (Å²) in [6, 6.07) is 1.96. The maximum atomic E-state index is 12.7. The number of rotatable bonds is 6. The van der Waals surface area contributed by atoms with Crippen molar-refractivity contribution in [2.45, 2.75) is 57.9 Å². The van der Waals surface area contributed by atoms with Crippen LogP contribution in [0.3, 0.4) is 0 Å². The van der Waals surface area contributed by atoms with E-state index < -0.39 is 0 Å². The third kappa shape index (κ3) is 2.98. The maximum absolute atomic E-state index is 12.7. The van der Waals surface area contributed by atoms with Gasteiger partial charge in [0.1, 0.15) is 6.04 Å². The second kappa shape index (κ2) is 6.13. The number of amides is 1. The lowest BCUT2D eigenvalue weighted by molar-refractivity contribution is -0.140. The quantitative estimate of drug-likeness (QED) is 0.811. The van der Waals surface area contributed by atoms with Crippen molar-refractivity contribution in [1.29, 1.82) is 5.26 Å². The van der Waals surface area contributed by atoms with Gasteiger partial charge >= 0.3 is 0 Å². The zero-order valence-electron chi connectivity index (χ0n) is 12.6. The topological polar surface area (TPSA) is 64.3 Å². The normalized spacial score (nSPS) is 23.9. The Hall–Kier alpha value is -1.08. The van der Waals surface area contributed by atoms with Crippen molar-refractivity contribution in [3.8, 4) is 6.07 Å². The summed E-state index contributed by atoms with van der Waals surface area (Å²) in [6.45, 7) is 2.00. The van der Waals surface area contributed by atoms with Crippen molar-refractivity contribution < 1.29 is 9.90 Å². The molecule has 4 nitrogen and oxygen atoms in total. The highest BCUT2D eigenvalue weighted by Gasteiger charge is 2.43. The molecule has 0 aromatic rings. The zero-order valence-corrected chi connectivity index (χ0v) is 12.6. The van der Waals surface area contributed by atoms with Crippen molar-refractivity contribution in [2.75, 3.05) is 13.7 Å². The molecule has 0 saturated heterocycles. The minimum atomic E-state index is -0.311. The predicted octanol–water partition coefficient (Wildman–Crippen LogP) is 2.33. The SMILES string of the molecule is C[C@H](C(=O)N(C)C(C#N)CC1CC1)C1(CO)CCCC1. The van der Waals surface area contributed by atoms with Gasteiger partial charge in [-0.05, 0) is 25.2 Å². The monoisotopic (exact) mass is 278 g/mol. The lowest BCUT2D eigenvalue weighted by Crippen LogP contribution is -2.45. The van der Waals surface area contributed by atoms with Gasteiger partial charge in [0.2, 0.25) is 5.91 Å². The first kappa shape index (κ1) is 15.3. The molecule has 0 aromatic carbocycles. The van der Waals surface area contributed by atoms with E-state index in [0.29, 0.717) is 5.92 Å². The lowest BCUT2D eigenvalue weighted by Gasteiger charge is -2.36. The molecular formula is C16H26N2O2. The van der Waals surface area contributed by atoms with Gasteiger partial charge < -0.3 is 10.0 Å². The fourth-order valence-electron chi connectivity index (χ4n) is 3.49. The molecule has 0 bridgehead atoms. The first-order chi connectivity index (χ1) is 9.54.